The molecule has 170 valence electrons. The summed E-state index contributed by atoms with van der Waals surface area (Å²) in [6.07, 6.45) is 13.5. The minimum Gasteiger partial charge on any atom is -0.373 e. The van der Waals surface area contributed by atoms with Crippen molar-refractivity contribution in [2.75, 3.05) is 26.7 Å². The van der Waals surface area contributed by atoms with E-state index in [1.807, 2.05) is 0 Å². The Kier molecular flexibility index (Phi) is 8.08. The lowest BCUT2D eigenvalue weighted by molar-refractivity contribution is -0.102. The van der Waals surface area contributed by atoms with E-state index in [0.717, 1.165) is 19.0 Å². The average molecular weight is 409 g/mol. The van der Waals surface area contributed by atoms with Crippen LogP contribution in [0.5, 0.6) is 0 Å². The highest BCUT2D eigenvalue weighted by molar-refractivity contribution is 4.86. The first-order valence-corrected chi connectivity index (χ1v) is 12.4. The lowest BCUT2D eigenvalue weighted by atomic mass is 9.89. The molecule has 4 heteroatoms. The maximum atomic E-state index is 6.60. The van der Waals surface area contributed by atoms with E-state index in [9.17, 15) is 0 Å². The molecular weight excluding hydrogens is 360 g/mol. The Morgan fingerprint density at radius 2 is 1.34 bits per heavy atom. The van der Waals surface area contributed by atoms with Gasteiger partial charge in [-0.3, -0.25) is 0 Å². The summed E-state index contributed by atoms with van der Waals surface area (Å²) < 4.78 is 12.8. The number of likely N-dealkylation sites (tertiary alicyclic amines) is 1. The first-order chi connectivity index (χ1) is 13.6. The molecule has 1 aliphatic heterocycles. The second kappa shape index (κ2) is 9.97. The highest BCUT2D eigenvalue weighted by Crippen LogP contribution is 2.32. The van der Waals surface area contributed by atoms with Crippen LogP contribution >= 0.6 is 0 Å². The monoisotopic (exact) mass is 408 g/mol. The highest BCUT2D eigenvalue weighted by atomic mass is 16.5. The summed E-state index contributed by atoms with van der Waals surface area (Å²) in [6, 6.07) is 1.55. The molecule has 0 aromatic carbocycles. The number of hydrogen-bond acceptors (Lipinski definition) is 4. The van der Waals surface area contributed by atoms with Gasteiger partial charge in [-0.2, -0.15) is 0 Å². The molecule has 1 heterocycles. The van der Waals surface area contributed by atoms with Crippen LogP contribution in [-0.2, 0) is 9.47 Å². The summed E-state index contributed by atoms with van der Waals surface area (Å²) in [5.41, 5.74) is -0.0335. The Morgan fingerprint density at radius 3 is 1.86 bits per heavy atom. The number of rotatable bonds is 8. The van der Waals surface area contributed by atoms with Gasteiger partial charge in [0.2, 0.25) is 0 Å². The Morgan fingerprint density at radius 1 is 0.793 bits per heavy atom. The molecule has 2 saturated carbocycles. The topological polar surface area (TPSA) is 24.9 Å². The third-order valence-corrected chi connectivity index (χ3v) is 7.39. The fourth-order valence-corrected chi connectivity index (χ4v) is 5.48. The van der Waals surface area contributed by atoms with Crippen molar-refractivity contribution in [2.24, 2.45) is 0 Å². The van der Waals surface area contributed by atoms with E-state index in [0.29, 0.717) is 18.2 Å². The van der Waals surface area contributed by atoms with Crippen LogP contribution < -0.4 is 0 Å². The van der Waals surface area contributed by atoms with Crippen molar-refractivity contribution >= 4 is 0 Å². The summed E-state index contributed by atoms with van der Waals surface area (Å²) in [6.45, 7) is 14.9. The molecule has 3 aliphatic rings. The molecule has 0 N–H and O–H groups in total. The average Bonchev–Trinajstić information content (AvgIpc) is 2.59. The van der Waals surface area contributed by atoms with Crippen molar-refractivity contribution in [3.63, 3.8) is 0 Å². The maximum absolute atomic E-state index is 6.60. The van der Waals surface area contributed by atoms with Gasteiger partial charge >= 0.3 is 0 Å². The molecule has 3 fully saturated rings. The molecule has 29 heavy (non-hydrogen) atoms. The predicted molar refractivity (Wildman–Crippen MR) is 122 cm³/mol. The van der Waals surface area contributed by atoms with E-state index in [4.69, 9.17) is 9.47 Å². The van der Waals surface area contributed by atoms with E-state index in [1.165, 1.54) is 70.9 Å². The van der Waals surface area contributed by atoms with Crippen molar-refractivity contribution in [3.05, 3.63) is 0 Å². The molecule has 0 amide bonds. The highest BCUT2D eigenvalue weighted by Gasteiger charge is 2.33. The van der Waals surface area contributed by atoms with Gasteiger partial charge in [-0.05, 0) is 119 Å². The zero-order valence-corrected chi connectivity index (χ0v) is 20.2. The quantitative estimate of drug-likeness (QED) is 0.548. The molecule has 0 atom stereocenters. The number of hydrogen-bond donors (Lipinski definition) is 0. The van der Waals surface area contributed by atoms with Crippen molar-refractivity contribution in [1.29, 1.82) is 0 Å². The van der Waals surface area contributed by atoms with Gasteiger partial charge in [-0.25, -0.2) is 0 Å². The summed E-state index contributed by atoms with van der Waals surface area (Å²) >= 11 is 0. The van der Waals surface area contributed by atoms with E-state index in [1.54, 1.807) is 0 Å². The zero-order valence-electron chi connectivity index (χ0n) is 20.2. The smallest absolute Gasteiger partial charge is 0.0642 e. The van der Waals surface area contributed by atoms with E-state index >= 15 is 0 Å². The van der Waals surface area contributed by atoms with Crippen LogP contribution in [0.1, 0.15) is 98.8 Å². The van der Waals surface area contributed by atoms with Gasteiger partial charge in [0.05, 0.1) is 23.4 Å². The molecule has 1 saturated heterocycles. The maximum Gasteiger partial charge on any atom is 0.0642 e. The zero-order chi connectivity index (χ0) is 21.1. The Labute approximate surface area is 180 Å². The standard InChI is InChI=1S/C25H48N2O2/c1-24(2,3)28-22-12-8-20(9-13-22)26(6)19-16-25(4,5)29-23-14-10-21(11-15-23)27-17-7-18-27/h20-23H,7-19H2,1-6H3. The van der Waals surface area contributed by atoms with Crippen LogP contribution in [0.4, 0.5) is 0 Å². The number of nitrogens with zero attached hydrogens (tertiary/aromatic N) is 2. The minimum atomic E-state index is -0.0188. The third kappa shape index (κ3) is 7.48. The fourth-order valence-electron chi connectivity index (χ4n) is 5.48. The normalized spacial score (nSPS) is 32.4. The number of ether oxygens (including phenoxy) is 2. The van der Waals surface area contributed by atoms with Crippen LogP contribution in [0.15, 0.2) is 0 Å². The molecule has 2 aliphatic carbocycles. The SMILES string of the molecule is CN(CCC(C)(C)OC1CCC(N2CCC2)CC1)C1CCC(OC(C)(C)C)CC1. The molecular formula is C25H48N2O2. The fraction of sp³-hybridized carbons (Fsp3) is 1.00. The molecule has 0 bridgehead atoms. The van der Waals surface area contributed by atoms with Gasteiger partial charge in [-0.15, -0.1) is 0 Å². The van der Waals surface area contributed by atoms with Crippen LogP contribution in [0.3, 0.4) is 0 Å². The van der Waals surface area contributed by atoms with Crippen molar-refractivity contribution in [1.82, 2.24) is 9.80 Å². The molecule has 4 nitrogen and oxygen atoms in total. The van der Waals surface area contributed by atoms with E-state index < -0.39 is 0 Å². The van der Waals surface area contributed by atoms with Gasteiger partial charge in [0.25, 0.3) is 0 Å². The van der Waals surface area contributed by atoms with Gasteiger partial charge in [-0.1, -0.05) is 0 Å². The van der Waals surface area contributed by atoms with Gasteiger partial charge in [0.15, 0.2) is 0 Å². The van der Waals surface area contributed by atoms with E-state index in [-0.39, 0.29) is 11.2 Å². The lowest BCUT2D eigenvalue weighted by Crippen LogP contribution is -2.48. The molecule has 0 spiro atoms. The summed E-state index contributed by atoms with van der Waals surface area (Å²) in [5, 5.41) is 0. The van der Waals surface area contributed by atoms with Crippen LogP contribution in [0.2, 0.25) is 0 Å². The van der Waals surface area contributed by atoms with E-state index in [2.05, 4.69) is 51.5 Å². The van der Waals surface area contributed by atoms with Crippen LogP contribution in [-0.4, -0.2) is 72.0 Å². The largest absolute Gasteiger partial charge is 0.373 e. The van der Waals surface area contributed by atoms with Crippen molar-refractivity contribution in [2.45, 2.75) is 134 Å². The summed E-state index contributed by atoms with van der Waals surface area (Å²) in [5.74, 6) is 0. The minimum absolute atomic E-state index is 0.0147. The Balaban J connectivity index is 1.33. The Bertz CT molecular complexity index is 482. The molecule has 0 aromatic heterocycles. The molecule has 3 rings (SSSR count). The predicted octanol–water partition coefficient (Wildman–Crippen LogP) is 5.25. The molecule has 0 radical (unpaired) electrons. The van der Waals surface area contributed by atoms with Gasteiger partial charge in [0, 0.05) is 18.6 Å². The Hall–Kier alpha value is -0.160. The van der Waals surface area contributed by atoms with Crippen molar-refractivity contribution in [3.8, 4) is 0 Å². The third-order valence-electron chi connectivity index (χ3n) is 7.39. The van der Waals surface area contributed by atoms with Crippen LogP contribution in [0, 0.1) is 0 Å². The first-order valence-electron chi connectivity index (χ1n) is 12.4. The first kappa shape index (κ1) is 23.5. The molecule has 0 unspecified atom stereocenters. The second-order valence-electron chi connectivity index (χ2n) is 11.6. The van der Waals surface area contributed by atoms with Gasteiger partial charge < -0.3 is 19.3 Å². The van der Waals surface area contributed by atoms with Gasteiger partial charge in [0.1, 0.15) is 0 Å². The van der Waals surface area contributed by atoms with Crippen molar-refractivity contribution < 1.29 is 9.47 Å². The summed E-state index contributed by atoms with van der Waals surface area (Å²) in [7, 11) is 2.31. The lowest BCUT2D eigenvalue weighted by Gasteiger charge is -2.43. The van der Waals surface area contributed by atoms with Crippen LogP contribution in [0.25, 0.3) is 0 Å². The second-order valence-corrected chi connectivity index (χ2v) is 11.6. The molecule has 0 aromatic rings. The summed E-state index contributed by atoms with van der Waals surface area (Å²) in [4.78, 5) is 5.26.